The Morgan fingerprint density at radius 1 is 1.36 bits per heavy atom. The molecule has 6 heteroatoms. The molecule has 0 aliphatic carbocycles. The molecule has 3 rings (SSSR count). The minimum absolute atomic E-state index is 0.0217. The van der Waals surface area contributed by atoms with Gasteiger partial charge in [-0.2, -0.15) is 5.10 Å². The van der Waals surface area contributed by atoms with Gasteiger partial charge >= 0.3 is 0 Å². The van der Waals surface area contributed by atoms with Crippen LogP contribution in [-0.4, -0.2) is 20.7 Å². The van der Waals surface area contributed by atoms with Crippen molar-refractivity contribution in [3.8, 4) is 11.3 Å². The molecule has 0 unspecified atom stereocenters. The van der Waals surface area contributed by atoms with E-state index in [2.05, 4.69) is 15.4 Å². The predicted octanol–water partition coefficient (Wildman–Crippen LogP) is 2.40. The van der Waals surface area contributed by atoms with E-state index in [-0.39, 0.29) is 5.91 Å². The number of pyridine rings is 1. The Kier molecular flexibility index (Phi) is 4.29. The zero-order valence-electron chi connectivity index (χ0n) is 12.2. The first-order valence-corrected chi connectivity index (χ1v) is 7.82. The number of nitrogens with one attached hydrogen (secondary N) is 1. The van der Waals surface area contributed by atoms with Crippen LogP contribution in [0.3, 0.4) is 0 Å². The lowest BCUT2D eigenvalue weighted by atomic mass is 10.1. The summed E-state index contributed by atoms with van der Waals surface area (Å²) in [5.41, 5.74) is 2.96. The number of carbonyl (C=O) groups is 1. The minimum atomic E-state index is 0.0217. The Hall–Kier alpha value is -2.47. The number of aromatic nitrogens is 3. The molecule has 22 heavy (non-hydrogen) atoms. The topological polar surface area (TPSA) is 59.8 Å². The monoisotopic (exact) mass is 312 g/mol. The number of nitrogens with zero attached hydrogens (tertiary/aromatic N) is 3. The number of hydrogen-bond acceptors (Lipinski definition) is 4. The van der Waals surface area contributed by atoms with Gasteiger partial charge in [-0.05, 0) is 29.1 Å². The van der Waals surface area contributed by atoms with Gasteiger partial charge in [0.15, 0.2) is 0 Å². The van der Waals surface area contributed by atoms with Crippen molar-refractivity contribution in [1.29, 1.82) is 0 Å². The predicted molar refractivity (Wildman–Crippen MR) is 86.3 cm³/mol. The van der Waals surface area contributed by atoms with Gasteiger partial charge in [-0.1, -0.05) is 6.07 Å². The molecule has 0 aliphatic heterocycles. The highest BCUT2D eigenvalue weighted by atomic mass is 32.1. The van der Waals surface area contributed by atoms with Gasteiger partial charge in [-0.15, -0.1) is 11.3 Å². The molecule has 3 heterocycles. The summed E-state index contributed by atoms with van der Waals surface area (Å²) in [6.45, 7) is 0.475. The van der Waals surface area contributed by atoms with Crippen LogP contribution in [0.25, 0.3) is 11.3 Å². The van der Waals surface area contributed by atoms with E-state index < -0.39 is 0 Å². The van der Waals surface area contributed by atoms with E-state index in [1.807, 2.05) is 36.7 Å². The number of carbonyl (C=O) groups excluding carboxylic acids is 1. The molecule has 0 fully saturated rings. The van der Waals surface area contributed by atoms with E-state index >= 15 is 0 Å². The second kappa shape index (κ2) is 6.53. The number of amides is 1. The van der Waals surface area contributed by atoms with E-state index in [4.69, 9.17) is 0 Å². The van der Waals surface area contributed by atoms with Crippen molar-refractivity contribution in [3.05, 3.63) is 58.7 Å². The Morgan fingerprint density at radius 2 is 2.27 bits per heavy atom. The maximum Gasteiger partial charge on any atom is 0.225 e. The van der Waals surface area contributed by atoms with Crippen LogP contribution in [0.15, 0.2) is 48.2 Å². The van der Waals surface area contributed by atoms with Crippen LogP contribution in [0.2, 0.25) is 0 Å². The van der Waals surface area contributed by atoms with Crippen molar-refractivity contribution in [3.63, 3.8) is 0 Å². The third kappa shape index (κ3) is 3.40. The highest BCUT2D eigenvalue weighted by Crippen LogP contribution is 2.18. The average molecular weight is 312 g/mol. The van der Waals surface area contributed by atoms with Crippen molar-refractivity contribution < 1.29 is 4.79 Å². The van der Waals surface area contributed by atoms with Gasteiger partial charge < -0.3 is 5.32 Å². The molecule has 3 aromatic rings. The third-order valence-electron chi connectivity index (χ3n) is 3.32. The minimum Gasteiger partial charge on any atom is -0.352 e. The van der Waals surface area contributed by atoms with Gasteiger partial charge in [0.2, 0.25) is 5.91 Å². The number of hydrogen-bond donors (Lipinski definition) is 1. The van der Waals surface area contributed by atoms with Crippen LogP contribution >= 0.6 is 11.3 Å². The summed E-state index contributed by atoms with van der Waals surface area (Å²) < 4.78 is 1.80. The highest BCUT2D eigenvalue weighted by molar-refractivity contribution is 7.10. The summed E-state index contributed by atoms with van der Waals surface area (Å²) in [5.74, 6) is 0.0217. The lowest BCUT2D eigenvalue weighted by Gasteiger charge is -2.07. The fraction of sp³-hybridized carbons (Fsp3) is 0.188. The largest absolute Gasteiger partial charge is 0.352 e. The molecule has 0 radical (unpaired) electrons. The third-order valence-corrected chi connectivity index (χ3v) is 4.19. The summed E-state index contributed by atoms with van der Waals surface area (Å²) in [7, 11) is 1.89. The normalized spacial score (nSPS) is 10.6. The van der Waals surface area contributed by atoms with Gasteiger partial charge in [0.25, 0.3) is 0 Å². The molecule has 0 aliphatic rings. The summed E-state index contributed by atoms with van der Waals surface area (Å²) in [6.07, 6.45) is 5.75. The molecule has 0 spiro atoms. The van der Waals surface area contributed by atoms with Crippen molar-refractivity contribution in [2.75, 3.05) is 0 Å². The average Bonchev–Trinajstić information content (AvgIpc) is 3.17. The molecule has 0 saturated heterocycles. The van der Waals surface area contributed by atoms with Crippen LogP contribution in [0.5, 0.6) is 0 Å². The van der Waals surface area contributed by atoms with Gasteiger partial charge in [0.05, 0.1) is 12.1 Å². The first-order valence-electron chi connectivity index (χ1n) is 6.94. The zero-order valence-corrected chi connectivity index (χ0v) is 13.0. The first-order chi connectivity index (χ1) is 10.7. The summed E-state index contributed by atoms with van der Waals surface area (Å²) in [5, 5.41) is 9.06. The Morgan fingerprint density at radius 3 is 3.00 bits per heavy atom. The molecule has 0 atom stereocenters. The van der Waals surface area contributed by atoms with Crippen LogP contribution in [0, 0.1) is 0 Å². The molecule has 0 saturated carbocycles. The van der Waals surface area contributed by atoms with Crippen LogP contribution < -0.4 is 5.32 Å². The van der Waals surface area contributed by atoms with E-state index in [1.54, 1.807) is 34.6 Å². The highest BCUT2D eigenvalue weighted by Gasteiger charge is 2.07. The quantitative estimate of drug-likeness (QED) is 0.787. The van der Waals surface area contributed by atoms with Crippen molar-refractivity contribution >= 4 is 17.2 Å². The number of rotatable bonds is 5. The SMILES string of the molecule is Cn1nccc1-c1cncc(CNC(=O)Cc2cccs2)c1. The smallest absolute Gasteiger partial charge is 0.225 e. The maximum atomic E-state index is 11.9. The summed E-state index contributed by atoms with van der Waals surface area (Å²) in [6, 6.07) is 7.88. The lowest BCUT2D eigenvalue weighted by molar-refractivity contribution is -0.120. The van der Waals surface area contributed by atoms with E-state index in [9.17, 15) is 4.79 Å². The molecule has 1 N–H and O–H groups in total. The molecular weight excluding hydrogens is 296 g/mol. The summed E-state index contributed by atoms with van der Waals surface area (Å²) >= 11 is 1.59. The van der Waals surface area contributed by atoms with Gasteiger partial charge in [0.1, 0.15) is 0 Å². The van der Waals surface area contributed by atoms with Crippen LogP contribution in [0.1, 0.15) is 10.4 Å². The standard InChI is InChI=1S/C16H16N4OS/c1-20-15(4-5-19-20)13-7-12(9-17-11-13)10-18-16(21)8-14-3-2-6-22-14/h2-7,9,11H,8,10H2,1H3,(H,18,21). The van der Waals surface area contributed by atoms with Gasteiger partial charge in [0, 0.05) is 42.6 Å². The molecular formula is C16H16N4OS. The molecule has 112 valence electrons. The Bertz CT molecular complexity index is 764. The molecule has 0 aromatic carbocycles. The second-order valence-electron chi connectivity index (χ2n) is 4.95. The second-order valence-corrected chi connectivity index (χ2v) is 5.99. The molecule has 3 aromatic heterocycles. The molecule has 1 amide bonds. The summed E-state index contributed by atoms with van der Waals surface area (Å²) in [4.78, 5) is 17.2. The molecule has 5 nitrogen and oxygen atoms in total. The maximum absolute atomic E-state index is 11.9. The van der Waals surface area contributed by atoms with Crippen LogP contribution in [-0.2, 0) is 24.8 Å². The van der Waals surface area contributed by atoms with Gasteiger partial charge in [-0.3, -0.25) is 14.5 Å². The Labute approximate surface area is 132 Å². The first kappa shape index (κ1) is 14.5. The van der Waals surface area contributed by atoms with Crippen molar-refractivity contribution in [1.82, 2.24) is 20.1 Å². The van der Waals surface area contributed by atoms with Crippen LogP contribution in [0.4, 0.5) is 0 Å². The van der Waals surface area contributed by atoms with E-state index in [0.717, 1.165) is 21.7 Å². The molecule has 0 bridgehead atoms. The van der Waals surface area contributed by atoms with Crippen molar-refractivity contribution in [2.24, 2.45) is 7.05 Å². The van der Waals surface area contributed by atoms with E-state index in [0.29, 0.717) is 13.0 Å². The van der Waals surface area contributed by atoms with E-state index in [1.165, 1.54) is 0 Å². The van der Waals surface area contributed by atoms with Gasteiger partial charge in [-0.25, -0.2) is 0 Å². The zero-order chi connectivity index (χ0) is 15.4. The number of thiophene rings is 1. The lowest BCUT2D eigenvalue weighted by Crippen LogP contribution is -2.24. The fourth-order valence-corrected chi connectivity index (χ4v) is 2.92. The fourth-order valence-electron chi connectivity index (χ4n) is 2.22. The number of aryl methyl sites for hydroxylation is 1. The van der Waals surface area contributed by atoms with Crippen molar-refractivity contribution in [2.45, 2.75) is 13.0 Å². The Balaban J connectivity index is 1.63.